The summed E-state index contributed by atoms with van der Waals surface area (Å²) in [5, 5.41) is 0.674. The van der Waals surface area contributed by atoms with Crippen LogP contribution >= 0.6 is 15.9 Å². The molecule has 1 aromatic rings. The number of rotatable bonds is 5. The van der Waals surface area contributed by atoms with Gasteiger partial charge in [0.15, 0.2) is 0 Å². The van der Waals surface area contributed by atoms with Gasteiger partial charge in [-0.15, -0.1) is 0 Å². The zero-order valence-electron chi connectivity index (χ0n) is 12.1. The topological polar surface area (TPSA) is 37.4 Å². The molecule has 0 heterocycles. The Morgan fingerprint density at radius 2 is 1.90 bits per heavy atom. The number of hydrogen-bond donors (Lipinski definition) is 0. The van der Waals surface area contributed by atoms with Crippen LogP contribution in [0.3, 0.4) is 0 Å². The van der Waals surface area contributed by atoms with Gasteiger partial charge in [0.25, 0.3) is 0 Å². The third kappa shape index (κ3) is 3.26. The quantitative estimate of drug-likeness (QED) is 0.752. The van der Waals surface area contributed by atoms with E-state index in [0.29, 0.717) is 16.8 Å². The van der Waals surface area contributed by atoms with Crippen LogP contribution < -0.4 is 0 Å². The van der Waals surface area contributed by atoms with E-state index in [9.17, 15) is 8.42 Å². The van der Waals surface area contributed by atoms with Crippen molar-refractivity contribution in [1.82, 2.24) is 4.31 Å². The SMILES string of the molecule is Cc1ccc(C)c(S(=O)(=O)N(CCBr)C2CCCC2)c1. The number of aryl methyl sites for hydroxylation is 2. The van der Waals surface area contributed by atoms with Crippen molar-refractivity contribution < 1.29 is 8.42 Å². The first-order valence-corrected chi connectivity index (χ1v) is 9.68. The summed E-state index contributed by atoms with van der Waals surface area (Å²) in [4.78, 5) is 0.463. The number of nitrogens with zero attached hydrogens (tertiary/aromatic N) is 1. The molecule has 0 N–H and O–H groups in total. The van der Waals surface area contributed by atoms with Crippen molar-refractivity contribution in [3.8, 4) is 0 Å². The molecule has 0 unspecified atom stereocenters. The zero-order valence-corrected chi connectivity index (χ0v) is 14.5. The lowest BCUT2D eigenvalue weighted by Crippen LogP contribution is -2.40. The van der Waals surface area contributed by atoms with Crippen molar-refractivity contribution in [3.63, 3.8) is 0 Å². The first-order chi connectivity index (χ1) is 9.46. The van der Waals surface area contributed by atoms with E-state index in [2.05, 4.69) is 15.9 Å². The molecule has 5 heteroatoms. The molecule has 0 atom stereocenters. The Kier molecular flexibility index (Phi) is 5.26. The fourth-order valence-electron chi connectivity index (χ4n) is 2.89. The van der Waals surface area contributed by atoms with Crippen LogP contribution in [0.5, 0.6) is 0 Å². The fourth-order valence-corrected chi connectivity index (χ4v) is 5.50. The second kappa shape index (κ2) is 6.58. The van der Waals surface area contributed by atoms with Gasteiger partial charge in [-0.3, -0.25) is 0 Å². The molecule has 0 amide bonds. The molecular formula is C15H22BrNO2S. The maximum Gasteiger partial charge on any atom is 0.243 e. The highest BCUT2D eigenvalue weighted by Crippen LogP contribution is 2.30. The fraction of sp³-hybridized carbons (Fsp3) is 0.600. The van der Waals surface area contributed by atoms with Gasteiger partial charge in [0.05, 0.1) is 4.90 Å². The lowest BCUT2D eigenvalue weighted by Gasteiger charge is -2.28. The molecule has 20 heavy (non-hydrogen) atoms. The Bertz CT molecular complexity index is 565. The maximum atomic E-state index is 13.0. The molecular weight excluding hydrogens is 338 g/mol. The minimum Gasteiger partial charge on any atom is -0.207 e. The van der Waals surface area contributed by atoms with Crippen molar-refractivity contribution in [2.24, 2.45) is 0 Å². The summed E-state index contributed by atoms with van der Waals surface area (Å²) in [6.45, 7) is 4.34. The molecule has 0 radical (unpaired) electrons. The summed E-state index contributed by atoms with van der Waals surface area (Å²) in [5.41, 5.74) is 1.81. The molecule has 1 aromatic carbocycles. The first-order valence-electron chi connectivity index (χ1n) is 7.12. The minimum atomic E-state index is -3.40. The lowest BCUT2D eigenvalue weighted by molar-refractivity contribution is 0.338. The van der Waals surface area contributed by atoms with Crippen molar-refractivity contribution in [3.05, 3.63) is 29.3 Å². The molecule has 1 saturated carbocycles. The van der Waals surface area contributed by atoms with Crippen LogP contribution in [0.15, 0.2) is 23.1 Å². The smallest absolute Gasteiger partial charge is 0.207 e. The average Bonchev–Trinajstić information content (AvgIpc) is 2.92. The van der Waals surface area contributed by atoms with Crippen molar-refractivity contribution >= 4 is 26.0 Å². The summed E-state index contributed by atoms with van der Waals surface area (Å²) in [7, 11) is -3.40. The summed E-state index contributed by atoms with van der Waals surface area (Å²) >= 11 is 3.39. The molecule has 112 valence electrons. The van der Waals surface area contributed by atoms with E-state index in [1.165, 1.54) is 0 Å². The normalized spacial score (nSPS) is 17.0. The van der Waals surface area contributed by atoms with E-state index in [1.54, 1.807) is 10.4 Å². The molecule has 0 bridgehead atoms. The van der Waals surface area contributed by atoms with Crippen molar-refractivity contribution in [2.45, 2.75) is 50.5 Å². The van der Waals surface area contributed by atoms with Crippen LogP contribution in [0, 0.1) is 13.8 Å². The molecule has 0 aliphatic heterocycles. The van der Waals surface area contributed by atoms with Gasteiger partial charge in [0.2, 0.25) is 10.0 Å². The standard InChI is InChI=1S/C15H22BrNO2S/c1-12-7-8-13(2)15(11-12)20(18,19)17(10-9-16)14-5-3-4-6-14/h7-8,11,14H,3-6,9-10H2,1-2H3. The largest absolute Gasteiger partial charge is 0.243 e. The first kappa shape index (κ1) is 16.0. The van der Waals surface area contributed by atoms with Gasteiger partial charge in [-0.1, -0.05) is 40.9 Å². The molecule has 0 spiro atoms. The molecule has 0 aromatic heterocycles. The lowest BCUT2D eigenvalue weighted by atomic mass is 10.2. The van der Waals surface area contributed by atoms with Gasteiger partial charge in [-0.05, 0) is 43.9 Å². The highest BCUT2D eigenvalue weighted by Gasteiger charge is 2.33. The molecule has 0 saturated heterocycles. The maximum absolute atomic E-state index is 13.0. The van der Waals surface area contributed by atoms with E-state index in [4.69, 9.17) is 0 Å². The second-order valence-corrected chi connectivity index (χ2v) is 8.16. The number of halogens is 1. The number of benzene rings is 1. The highest BCUT2D eigenvalue weighted by atomic mass is 79.9. The van der Waals surface area contributed by atoms with E-state index < -0.39 is 10.0 Å². The third-order valence-electron chi connectivity index (χ3n) is 3.97. The van der Waals surface area contributed by atoms with Gasteiger partial charge in [-0.2, -0.15) is 4.31 Å². The van der Waals surface area contributed by atoms with Crippen molar-refractivity contribution in [2.75, 3.05) is 11.9 Å². The Labute approximate surface area is 130 Å². The van der Waals surface area contributed by atoms with Crippen LogP contribution in [0.4, 0.5) is 0 Å². The number of hydrogen-bond acceptors (Lipinski definition) is 2. The van der Waals surface area contributed by atoms with Crippen LogP contribution in [-0.4, -0.2) is 30.6 Å². The average molecular weight is 360 g/mol. The molecule has 1 aliphatic carbocycles. The Balaban J connectivity index is 2.41. The van der Waals surface area contributed by atoms with Crippen LogP contribution in [0.1, 0.15) is 36.8 Å². The van der Waals surface area contributed by atoms with Crippen molar-refractivity contribution in [1.29, 1.82) is 0 Å². The van der Waals surface area contributed by atoms with E-state index >= 15 is 0 Å². The highest BCUT2D eigenvalue weighted by molar-refractivity contribution is 9.09. The molecule has 3 nitrogen and oxygen atoms in total. The second-order valence-electron chi connectivity index (χ2n) is 5.51. The predicted octanol–water partition coefficient (Wildman–Crippen LogP) is 3.63. The van der Waals surface area contributed by atoms with Crippen LogP contribution in [0.25, 0.3) is 0 Å². The van der Waals surface area contributed by atoms with Crippen LogP contribution in [-0.2, 0) is 10.0 Å². The number of alkyl halides is 1. The van der Waals surface area contributed by atoms with Gasteiger partial charge >= 0.3 is 0 Å². The summed E-state index contributed by atoms with van der Waals surface area (Å²) in [5.74, 6) is 0. The Morgan fingerprint density at radius 1 is 1.25 bits per heavy atom. The summed E-state index contributed by atoms with van der Waals surface area (Å²) in [6.07, 6.45) is 4.23. The summed E-state index contributed by atoms with van der Waals surface area (Å²) in [6, 6.07) is 5.81. The van der Waals surface area contributed by atoms with Gasteiger partial charge in [0, 0.05) is 17.9 Å². The molecule has 1 fully saturated rings. The van der Waals surface area contributed by atoms with Crippen LogP contribution in [0.2, 0.25) is 0 Å². The number of sulfonamides is 1. The Morgan fingerprint density at radius 3 is 2.50 bits per heavy atom. The molecule has 1 aliphatic rings. The molecule has 2 rings (SSSR count). The predicted molar refractivity (Wildman–Crippen MR) is 85.9 cm³/mol. The third-order valence-corrected chi connectivity index (χ3v) is 6.42. The minimum absolute atomic E-state index is 0.164. The Hall–Kier alpha value is -0.390. The van der Waals surface area contributed by atoms with E-state index in [-0.39, 0.29) is 6.04 Å². The van der Waals surface area contributed by atoms with Gasteiger partial charge in [-0.25, -0.2) is 8.42 Å². The van der Waals surface area contributed by atoms with Gasteiger partial charge < -0.3 is 0 Å². The van der Waals surface area contributed by atoms with E-state index in [0.717, 1.165) is 36.8 Å². The zero-order chi connectivity index (χ0) is 14.8. The van der Waals surface area contributed by atoms with Gasteiger partial charge in [0.1, 0.15) is 0 Å². The monoisotopic (exact) mass is 359 g/mol. The van der Waals surface area contributed by atoms with E-state index in [1.807, 2.05) is 26.0 Å². The summed E-state index contributed by atoms with van der Waals surface area (Å²) < 4.78 is 27.7.